The molecular formula is C17H18ClN5O. The summed E-state index contributed by atoms with van der Waals surface area (Å²) in [5, 5.41) is 8.98. The van der Waals surface area contributed by atoms with E-state index in [1.807, 2.05) is 42.2 Å². The summed E-state index contributed by atoms with van der Waals surface area (Å²) in [6, 6.07) is 7.87. The fourth-order valence-electron chi connectivity index (χ4n) is 3.25. The van der Waals surface area contributed by atoms with Gasteiger partial charge in [-0.3, -0.25) is 9.58 Å². The number of benzene rings is 1. The van der Waals surface area contributed by atoms with E-state index < -0.39 is 0 Å². The Morgan fingerprint density at radius 2 is 2.21 bits per heavy atom. The summed E-state index contributed by atoms with van der Waals surface area (Å²) in [6.45, 7) is 1.65. The van der Waals surface area contributed by atoms with E-state index in [0.717, 1.165) is 24.9 Å². The zero-order valence-corrected chi connectivity index (χ0v) is 14.1. The van der Waals surface area contributed by atoms with Crippen molar-refractivity contribution in [1.29, 1.82) is 0 Å². The van der Waals surface area contributed by atoms with Gasteiger partial charge >= 0.3 is 0 Å². The second-order valence-corrected chi connectivity index (χ2v) is 6.47. The molecule has 7 heteroatoms. The highest BCUT2D eigenvalue weighted by Gasteiger charge is 2.28. The van der Waals surface area contributed by atoms with Gasteiger partial charge in [0.1, 0.15) is 0 Å². The molecule has 1 fully saturated rings. The van der Waals surface area contributed by atoms with E-state index in [1.54, 1.807) is 0 Å². The Balaban J connectivity index is 1.52. The van der Waals surface area contributed by atoms with Crippen molar-refractivity contribution in [3.8, 4) is 11.4 Å². The lowest BCUT2D eigenvalue weighted by Gasteiger charge is -2.21. The van der Waals surface area contributed by atoms with Crippen LogP contribution in [0.3, 0.4) is 0 Å². The molecule has 3 aromatic rings. The minimum atomic E-state index is 0.356. The second-order valence-electron chi connectivity index (χ2n) is 6.07. The number of hydrogen-bond acceptors (Lipinski definition) is 5. The van der Waals surface area contributed by atoms with Gasteiger partial charge in [-0.1, -0.05) is 28.9 Å². The second kappa shape index (κ2) is 6.37. The van der Waals surface area contributed by atoms with E-state index in [9.17, 15) is 0 Å². The third-order valence-electron chi connectivity index (χ3n) is 4.39. The Labute approximate surface area is 145 Å². The minimum absolute atomic E-state index is 0.356. The molecule has 0 spiro atoms. The Hall–Kier alpha value is -2.18. The van der Waals surface area contributed by atoms with Gasteiger partial charge in [0, 0.05) is 30.4 Å². The van der Waals surface area contributed by atoms with E-state index in [2.05, 4.69) is 26.3 Å². The van der Waals surface area contributed by atoms with E-state index in [1.165, 1.54) is 5.56 Å². The molecule has 0 aliphatic carbocycles. The molecule has 4 rings (SSSR count). The topological polar surface area (TPSA) is 60.0 Å². The molecule has 0 saturated carbocycles. The lowest BCUT2D eigenvalue weighted by Crippen LogP contribution is -2.22. The Morgan fingerprint density at radius 1 is 1.33 bits per heavy atom. The van der Waals surface area contributed by atoms with Crippen LogP contribution in [-0.2, 0) is 13.6 Å². The number of aromatic nitrogens is 4. The highest BCUT2D eigenvalue weighted by Crippen LogP contribution is 2.33. The molecule has 1 aliphatic rings. The van der Waals surface area contributed by atoms with Crippen molar-refractivity contribution in [1.82, 2.24) is 24.8 Å². The average molecular weight is 344 g/mol. The molecule has 1 aliphatic heterocycles. The van der Waals surface area contributed by atoms with E-state index in [-0.39, 0.29) is 0 Å². The van der Waals surface area contributed by atoms with Crippen molar-refractivity contribution >= 4 is 11.6 Å². The van der Waals surface area contributed by atoms with Crippen molar-refractivity contribution in [3.05, 3.63) is 53.1 Å². The van der Waals surface area contributed by atoms with Gasteiger partial charge in [0.25, 0.3) is 0 Å². The molecule has 2 aromatic heterocycles. The summed E-state index contributed by atoms with van der Waals surface area (Å²) in [6.07, 6.45) is 6.29. The van der Waals surface area contributed by atoms with Gasteiger partial charge in [-0.2, -0.15) is 10.1 Å². The van der Waals surface area contributed by atoms with Crippen LogP contribution in [0.4, 0.5) is 0 Å². The SMILES string of the molecule is Cn1cc([C@H]2CCCN2Cc2nc(-c3ccccc3Cl)no2)cn1. The maximum atomic E-state index is 6.20. The normalized spacial score (nSPS) is 18.3. The monoisotopic (exact) mass is 343 g/mol. The van der Waals surface area contributed by atoms with Crippen molar-refractivity contribution < 1.29 is 4.52 Å². The van der Waals surface area contributed by atoms with E-state index >= 15 is 0 Å². The summed E-state index contributed by atoms with van der Waals surface area (Å²) in [4.78, 5) is 6.88. The summed E-state index contributed by atoms with van der Waals surface area (Å²) in [7, 11) is 1.94. The number of nitrogens with zero attached hydrogens (tertiary/aromatic N) is 5. The van der Waals surface area contributed by atoms with Crippen LogP contribution in [0.5, 0.6) is 0 Å². The quantitative estimate of drug-likeness (QED) is 0.726. The molecule has 0 amide bonds. The maximum absolute atomic E-state index is 6.20. The predicted octanol–water partition coefficient (Wildman–Crippen LogP) is 3.46. The molecule has 24 heavy (non-hydrogen) atoms. The molecule has 1 saturated heterocycles. The van der Waals surface area contributed by atoms with Crippen molar-refractivity contribution in [3.63, 3.8) is 0 Å². The first-order chi connectivity index (χ1) is 11.7. The largest absolute Gasteiger partial charge is 0.338 e. The zero-order chi connectivity index (χ0) is 16.5. The molecule has 0 unspecified atom stereocenters. The smallest absolute Gasteiger partial charge is 0.241 e. The standard InChI is InChI=1S/C17H18ClN5O/c1-22-10-12(9-19-22)15-7-4-8-23(15)11-16-20-17(21-24-16)13-5-2-3-6-14(13)18/h2-3,5-6,9-10,15H,4,7-8,11H2,1H3/t15-/m1/s1. The van der Waals surface area contributed by atoms with Gasteiger partial charge in [-0.15, -0.1) is 0 Å². The highest BCUT2D eigenvalue weighted by molar-refractivity contribution is 6.33. The molecule has 1 aromatic carbocycles. The van der Waals surface area contributed by atoms with Gasteiger partial charge in [0.15, 0.2) is 0 Å². The van der Waals surface area contributed by atoms with Gasteiger partial charge in [-0.05, 0) is 31.5 Å². The van der Waals surface area contributed by atoms with Crippen LogP contribution in [0, 0.1) is 0 Å². The third-order valence-corrected chi connectivity index (χ3v) is 4.72. The van der Waals surface area contributed by atoms with Crippen molar-refractivity contribution in [2.24, 2.45) is 7.05 Å². The lowest BCUT2D eigenvalue weighted by molar-refractivity contribution is 0.212. The van der Waals surface area contributed by atoms with Gasteiger partial charge in [0.2, 0.25) is 11.7 Å². The van der Waals surface area contributed by atoms with Gasteiger partial charge in [-0.25, -0.2) is 0 Å². The number of likely N-dealkylation sites (tertiary alicyclic amines) is 1. The average Bonchev–Trinajstić information content (AvgIpc) is 3.29. The van der Waals surface area contributed by atoms with Crippen LogP contribution in [0.2, 0.25) is 5.02 Å². The molecule has 6 nitrogen and oxygen atoms in total. The number of aryl methyl sites for hydroxylation is 1. The summed E-state index contributed by atoms with van der Waals surface area (Å²) in [5.41, 5.74) is 2.03. The fourth-order valence-corrected chi connectivity index (χ4v) is 3.47. The lowest BCUT2D eigenvalue weighted by atomic mass is 10.1. The van der Waals surface area contributed by atoms with Crippen LogP contribution in [0.1, 0.15) is 30.3 Å². The first-order valence-electron chi connectivity index (χ1n) is 8.01. The Morgan fingerprint density at radius 3 is 3.00 bits per heavy atom. The highest BCUT2D eigenvalue weighted by atomic mass is 35.5. The molecule has 0 bridgehead atoms. The zero-order valence-electron chi connectivity index (χ0n) is 13.4. The molecule has 3 heterocycles. The Bertz CT molecular complexity index is 843. The molecular weight excluding hydrogens is 326 g/mol. The van der Waals surface area contributed by atoms with Crippen LogP contribution < -0.4 is 0 Å². The molecule has 0 radical (unpaired) electrons. The first kappa shape index (κ1) is 15.4. The van der Waals surface area contributed by atoms with Crippen LogP contribution in [0.25, 0.3) is 11.4 Å². The van der Waals surface area contributed by atoms with Crippen molar-refractivity contribution in [2.45, 2.75) is 25.4 Å². The van der Waals surface area contributed by atoms with Crippen LogP contribution in [0.15, 0.2) is 41.2 Å². The van der Waals surface area contributed by atoms with Crippen LogP contribution in [-0.4, -0.2) is 31.4 Å². The summed E-state index contributed by atoms with van der Waals surface area (Å²) in [5.74, 6) is 1.15. The third kappa shape index (κ3) is 2.95. The van der Waals surface area contributed by atoms with Crippen LogP contribution >= 0.6 is 11.6 Å². The van der Waals surface area contributed by atoms with E-state index in [4.69, 9.17) is 16.1 Å². The number of halogens is 1. The number of hydrogen-bond donors (Lipinski definition) is 0. The molecule has 0 N–H and O–H groups in total. The molecule has 124 valence electrons. The predicted molar refractivity (Wildman–Crippen MR) is 90.3 cm³/mol. The number of rotatable bonds is 4. The fraction of sp³-hybridized carbons (Fsp3) is 0.353. The minimum Gasteiger partial charge on any atom is -0.338 e. The summed E-state index contributed by atoms with van der Waals surface area (Å²) < 4.78 is 7.28. The van der Waals surface area contributed by atoms with Crippen molar-refractivity contribution in [2.75, 3.05) is 6.54 Å². The molecule has 1 atom stereocenters. The maximum Gasteiger partial charge on any atom is 0.241 e. The van der Waals surface area contributed by atoms with Gasteiger partial charge < -0.3 is 4.52 Å². The summed E-state index contributed by atoms with van der Waals surface area (Å²) >= 11 is 6.20. The Kier molecular flexibility index (Phi) is 4.08. The first-order valence-corrected chi connectivity index (χ1v) is 8.38. The van der Waals surface area contributed by atoms with Gasteiger partial charge in [0.05, 0.1) is 17.8 Å². The van der Waals surface area contributed by atoms with E-state index in [0.29, 0.717) is 29.3 Å².